The van der Waals surface area contributed by atoms with Crippen molar-refractivity contribution in [3.05, 3.63) is 52.7 Å². The molecule has 0 aliphatic carbocycles. The number of carbonyl (C=O) groups is 1. The molecular weight excluding hydrogens is 356 g/mol. The number of Topliss-reactive ketones (excluding diaryl/α,β-unsaturated/α-hetero) is 1. The van der Waals surface area contributed by atoms with Crippen LogP contribution in [-0.2, 0) is 0 Å². The van der Waals surface area contributed by atoms with Crippen molar-refractivity contribution < 1.29 is 14.3 Å². The van der Waals surface area contributed by atoms with E-state index in [9.17, 15) is 4.79 Å². The van der Waals surface area contributed by atoms with Gasteiger partial charge < -0.3 is 9.47 Å². The molecule has 0 saturated carbocycles. The van der Waals surface area contributed by atoms with Crippen molar-refractivity contribution in [2.24, 2.45) is 0 Å². The highest BCUT2D eigenvalue weighted by Crippen LogP contribution is 2.32. The maximum atomic E-state index is 12.0. The van der Waals surface area contributed by atoms with Crippen molar-refractivity contribution >= 4 is 28.9 Å². The lowest BCUT2D eigenvalue weighted by molar-refractivity contribution is 0.102. The molecule has 2 aromatic heterocycles. The van der Waals surface area contributed by atoms with E-state index in [2.05, 4.69) is 10.2 Å². The Morgan fingerprint density at radius 3 is 2.64 bits per heavy atom. The lowest BCUT2D eigenvalue weighted by Crippen LogP contribution is -2.00. The van der Waals surface area contributed by atoms with Gasteiger partial charge in [-0.1, -0.05) is 17.8 Å². The van der Waals surface area contributed by atoms with E-state index < -0.39 is 0 Å². The van der Waals surface area contributed by atoms with Crippen molar-refractivity contribution in [3.8, 4) is 22.8 Å². The van der Waals surface area contributed by atoms with Gasteiger partial charge in [0, 0.05) is 11.6 Å². The Bertz CT molecular complexity index is 849. The predicted octanol–water partition coefficient (Wildman–Crippen LogP) is 4.20. The summed E-state index contributed by atoms with van der Waals surface area (Å²) < 4.78 is 10.6. The summed E-state index contributed by atoms with van der Waals surface area (Å²) in [7, 11) is 3.21. The van der Waals surface area contributed by atoms with Gasteiger partial charge in [-0.15, -0.1) is 21.5 Å². The lowest BCUT2D eigenvalue weighted by atomic mass is 10.1. The average Bonchev–Trinajstić information content (AvgIpc) is 3.21. The first kappa shape index (κ1) is 17.4. The third kappa shape index (κ3) is 4.18. The topological polar surface area (TPSA) is 61.3 Å². The summed E-state index contributed by atoms with van der Waals surface area (Å²) in [6.45, 7) is 0. The predicted molar refractivity (Wildman–Crippen MR) is 99.9 cm³/mol. The molecule has 0 N–H and O–H groups in total. The smallest absolute Gasteiger partial charge is 0.183 e. The van der Waals surface area contributed by atoms with E-state index in [4.69, 9.17) is 9.47 Å². The Hall–Kier alpha value is -2.38. The maximum absolute atomic E-state index is 12.0. The van der Waals surface area contributed by atoms with Gasteiger partial charge in [-0.2, -0.15) is 0 Å². The van der Waals surface area contributed by atoms with Crippen LogP contribution in [0.5, 0.6) is 11.5 Å². The molecule has 25 heavy (non-hydrogen) atoms. The second-order valence-electron chi connectivity index (χ2n) is 5.01. The molecule has 0 bridgehead atoms. The number of thiophene rings is 1. The van der Waals surface area contributed by atoms with Crippen LogP contribution in [0.2, 0.25) is 0 Å². The largest absolute Gasteiger partial charge is 0.497 e. The molecule has 0 fully saturated rings. The van der Waals surface area contributed by atoms with Gasteiger partial charge in [0.2, 0.25) is 0 Å². The normalized spacial score (nSPS) is 10.5. The summed E-state index contributed by atoms with van der Waals surface area (Å²) in [6.07, 6.45) is 0. The molecule has 0 atom stereocenters. The summed E-state index contributed by atoms with van der Waals surface area (Å²) >= 11 is 2.83. The second-order valence-corrected chi connectivity index (χ2v) is 6.96. The van der Waals surface area contributed by atoms with E-state index in [1.54, 1.807) is 20.3 Å². The number of ether oxygens (including phenoxy) is 2. The Morgan fingerprint density at radius 1 is 1.12 bits per heavy atom. The summed E-state index contributed by atoms with van der Waals surface area (Å²) in [6, 6.07) is 13.0. The highest BCUT2D eigenvalue weighted by atomic mass is 32.2. The summed E-state index contributed by atoms with van der Waals surface area (Å²) in [5.41, 5.74) is 1.54. The first-order valence-electron chi connectivity index (χ1n) is 7.47. The summed E-state index contributed by atoms with van der Waals surface area (Å²) in [5.74, 6) is 1.83. The van der Waals surface area contributed by atoms with E-state index in [-0.39, 0.29) is 5.78 Å². The fourth-order valence-electron chi connectivity index (χ4n) is 2.20. The zero-order valence-electron chi connectivity index (χ0n) is 13.8. The molecule has 128 valence electrons. The Balaban J connectivity index is 1.71. The highest BCUT2D eigenvalue weighted by molar-refractivity contribution is 7.99. The van der Waals surface area contributed by atoms with Gasteiger partial charge in [0.05, 0.1) is 30.5 Å². The minimum absolute atomic E-state index is 0.0997. The van der Waals surface area contributed by atoms with Crippen LogP contribution in [0.25, 0.3) is 11.3 Å². The number of hydrogen-bond acceptors (Lipinski definition) is 7. The molecule has 1 aromatic carbocycles. The van der Waals surface area contributed by atoms with Crippen molar-refractivity contribution in [2.45, 2.75) is 5.03 Å². The van der Waals surface area contributed by atoms with Gasteiger partial charge in [-0.25, -0.2) is 0 Å². The van der Waals surface area contributed by atoms with Crippen LogP contribution in [0.3, 0.4) is 0 Å². The fraction of sp³-hybridized carbons (Fsp3) is 0.167. The number of aromatic nitrogens is 2. The SMILES string of the molecule is COc1ccc(-c2ccc(SCC(=O)c3cccs3)nn2)c(OC)c1. The Labute approximate surface area is 154 Å². The quantitative estimate of drug-likeness (QED) is 0.458. The molecule has 0 aliphatic rings. The number of nitrogens with zero attached hydrogens (tertiary/aromatic N) is 2. The number of benzene rings is 1. The molecule has 0 amide bonds. The molecular formula is C18H16N2O3S2. The molecule has 0 spiro atoms. The number of hydrogen-bond donors (Lipinski definition) is 0. The number of carbonyl (C=O) groups excluding carboxylic acids is 1. The molecule has 5 nitrogen and oxygen atoms in total. The first-order valence-corrected chi connectivity index (χ1v) is 9.33. The zero-order chi connectivity index (χ0) is 17.6. The van der Waals surface area contributed by atoms with Crippen LogP contribution in [0, 0.1) is 0 Å². The van der Waals surface area contributed by atoms with Gasteiger partial charge in [0.15, 0.2) is 5.78 Å². The van der Waals surface area contributed by atoms with Crippen molar-refractivity contribution in [1.29, 1.82) is 0 Å². The minimum atomic E-state index is 0.0997. The molecule has 0 saturated heterocycles. The van der Waals surface area contributed by atoms with Crippen LogP contribution in [0.1, 0.15) is 9.67 Å². The van der Waals surface area contributed by atoms with Gasteiger partial charge in [-0.05, 0) is 35.7 Å². The van der Waals surface area contributed by atoms with Crippen LogP contribution in [0.4, 0.5) is 0 Å². The highest BCUT2D eigenvalue weighted by Gasteiger charge is 2.11. The standard InChI is InChI=1S/C18H16N2O3S2/c1-22-12-5-6-13(16(10-12)23-2)14-7-8-18(20-19-14)25-11-15(21)17-4-3-9-24-17/h3-10H,11H2,1-2H3. The molecule has 7 heteroatoms. The summed E-state index contributed by atoms with van der Waals surface area (Å²) in [4.78, 5) is 12.8. The lowest BCUT2D eigenvalue weighted by Gasteiger charge is -2.09. The molecule has 2 heterocycles. The van der Waals surface area contributed by atoms with E-state index in [0.29, 0.717) is 28.0 Å². The zero-order valence-corrected chi connectivity index (χ0v) is 15.4. The monoisotopic (exact) mass is 372 g/mol. The third-order valence-electron chi connectivity index (χ3n) is 3.47. The number of methoxy groups -OCH3 is 2. The third-order valence-corrected chi connectivity index (χ3v) is 5.30. The van der Waals surface area contributed by atoms with Crippen LogP contribution < -0.4 is 9.47 Å². The van der Waals surface area contributed by atoms with E-state index in [1.807, 2.05) is 41.8 Å². The van der Waals surface area contributed by atoms with Gasteiger partial charge >= 0.3 is 0 Å². The second kappa shape index (κ2) is 8.13. The molecule has 0 unspecified atom stereocenters. The number of rotatable bonds is 7. The van der Waals surface area contributed by atoms with Crippen LogP contribution in [-0.4, -0.2) is 36.0 Å². The van der Waals surface area contributed by atoms with Crippen LogP contribution in [0.15, 0.2) is 52.9 Å². The van der Waals surface area contributed by atoms with Crippen molar-refractivity contribution in [3.63, 3.8) is 0 Å². The van der Waals surface area contributed by atoms with E-state index in [1.165, 1.54) is 23.1 Å². The molecule has 0 radical (unpaired) electrons. The minimum Gasteiger partial charge on any atom is -0.497 e. The van der Waals surface area contributed by atoms with Crippen molar-refractivity contribution in [2.75, 3.05) is 20.0 Å². The van der Waals surface area contributed by atoms with E-state index in [0.717, 1.165) is 10.4 Å². The Kier molecular flexibility index (Phi) is 5.67. The average molecular weight is 372 g/mol. The van der Waals surface area contributed by atoms with Gasteiger partial charge in [0.25, 0.3) is 0 Å². The van der Waals surface area contributed by atoms with E-state index >= 15 is 0 Å². The summed E-state index contributed by atoms with van der Waals surface area (Å²) in [5, 5.41) is 11.1. The van der Waals surface area contributed by atoms with Gasteiger partial charge in [0.1, 0.15) is 16.5 Å². The molecule has 3 aromatic rings. The first-order chi connectivity index (χ1) is 12.2. The van der Waals surface area contributed by atoms with Crippen molar-refractivity contribution in [1.82, 2.24) is 10.2 Å². The fourth-order valence-corrected chi connectivity index (χ4v) is 3.65. The number of thioether (sulfide) groups is 1. The Morgan fingerprint density at radius 2 is 2.00 bits per heavy atom. The van der Waals surface area contributed by atoms with Gasteiger partial charge in [-0.3, -0.25) is 4.79 Å². The van der Waals surface area contributed by atoms with Crippen LogP contribution >= 0.6 is 23.1 Å². The molecule has 3 rings (SSSR count). The maximum Gasteiger partial charge on any atom is 0.183 e. The molecule has 0 aliphatic heterocycles. The number of ketones is 1.